The zero-order chi connectivity index (χ0) is 21.5. The van der Waals surface area contributed by atoms with Crippen molar-refractivity contribution in [2.45, 2.75) is 38.1 Å². The molecule has 2 aromatic rings. The second kappa shape index (κ2) is 10.3. The number of methoxy groups -OCH3 is 1. The van der Waals surface area contributed by atoms with Gasteiger partial charge in [0.25, 0.3) is 5.91 Å². The lowest BCUT2D eigenvalue weighted by Gasteiger charge is -2.23. The normalized spacial score (nSPS) is 13.7. The lowest BCUT2D eigenvalue weighted by molar-refractivity contribution is -0.121. The maximum Gasteiger partial charge on any atom is 0.472 e. The van der Waals surface area contributed by atoms with Crippen LogP contribution in [-0.4, -0.2) is 42.5 Å². The van der Waals surface area contributed by atoms with Gasteiger partial charge in [0.1, 0.15) is 5.75 Å². The minimum Gasteiger partial charge on any atom is -0.497 e. The predicted molar refractivity (Wildman–Crippen MR) is 114 cm³/mol. The molecule has 0 saturated heterocycles. The van der Waals surface area contributed by atoms with Crippen molar-refractivity contribution < 1.29 is 24.4 Å². The third-order valence-corrected chi connectivity index (χ3v) is 5.31. The average Bonchev–Trinajstić information content (AvgIpc) is 2.76. The molecule has 0 fully saturated rings. The molecule has 0 bridgehead atoms. The van der Waals surface area contributed by atoms with Crippen molar-refractivity contribution in [1.82, 2.24) is 10.6 Å². The van der Waals surface area contributed by atoms with Crippen LogP contribution >= 0.6 is 0 Å². The zero-order valence-corrected chi connectivity index (χ0v) is 17.1. The molecule has 0 saturated carbocycles. The topological polar surface area (TPSA) is 108 Å². The molecule has 30 heavy (non-hydrogen) atoms. The van der Waals surface area contributed by atoms with Crippen LogP contribution in [0.4, 0.5) is 0 Å². The molecular weight excluding hydrogens is 383 g/mol. The third-order valence-electron chi connectivity index (χ3n) is 5.31. The van der Waals surface area contributed by atoms with Gasteiger partial charge in [-0.1, -0.05) is 24.3 Å². The molecule has 0 aromatic heterocycles. The number of benzene rings is 2. The largest absolute Gasteiger partial charge is 0.497 e. The Morgan fingerprint density at radius 1 is 1.13 bits per heavy atom. The molecule has 0 heterocycles. The highest BCUT2D eigenvalue weighted by molar-refractivity contribution is 6.41. The number of carbonyl (C=O) groups is 2. The fourth-order valence-electron chi connectivity index (χ4n) is 3.80. The van der Waals surface area contributed by atoms with Crippen LogP contribution in [0.1, 0.15) is 52.4 Å². The van der Waals surface area contributed by atoms with Crippen LogP contribution in [0.2, 0.25) is 0 Å². The second-order valence-electron chi connectivity index (χ2n) is 7.44. The van der Waals surface area contributed by atoms with E-state index in [1.54, 1.807) is 25.3 Å². The summed E-state index contributed by atoms with van der Waals surface area (Å²) in [6, 6.07) is 12.4. The van der Waals surface area contributed by atoms with E-state index in [1.807, 2.05) is 18.2 Å². The molecule has 1 aliphatic rings. The molecule has 2 amide bonds. The van der Waals surface area contributed by atoms with E-state index < -0.39 is 19.1 Å². The van der Waals surface area contributed by atoms with Crippen LogP contribution in [0, 0.1) is 0 Å². The first-order chi connectivity index (χ1) is 14.5. The summed E-state index contributed by atoms with van der Waals surface area (Å²) in [6.07, 6.45) is 3.72. The van der Waals surface area contributed by atoms with Crippen molar-refractivity contribution in [1.29, 1.82) is 0 Å². The van der Waals surface area contributed by atoms with Crippen LogP contribution in [0.15, 0.2) is 42.5 Å². The SMILES string of the molecule is COc1cccc(C(CC(=O)NCB(O)O)NC(=O)c2cccc3c2CCCC3)c1. The summed E-state index contributed by atoms with van der Waals surface area (Å²) < 4.78 is 5.27. The molecule has 1 unspecified atom stereocenters. The van der Waals surface area contributed by atoms with Crippen LogP contribution in [0.3, 0.4) is 0 Å². The molecule has 3 rings (SSSR count). The molecule has 7 nitrogen and oxygen atoms in total. The van der Waals surface area contributed by atoms with Crippen molar-refractivity contribution in [3.8, 4) is 5.75 Å². The highest BCUT2D eigenvalue weighted by Crippen LogP contribution is 2.26. The molecule has 1 atom stereocenters. The molecular formula is C22H27BN2O5. The van der Waals surface area contributed by atoms with Gasteiger partial charge in [0.15, 0.2) is 0 Å². The number of carbonyl (C=O) groups excluding carboxylic acids is 2. The van der Waals surface area contributed by atoms with Gasteiger partial charge in [0, 0.05) is 5.56 Å². The fourth-order valence-corrected chi connectivity index (χ4v) is 3.80. The first-order valence-electron chi connectivity index (χ1n) is 10.2. The van der Waals surface area contributed by atoms with Crippen molar-refractivity contribution in [3.05, 3.63) is 64.7 Å². The van der Waals surface area contributed by atoms with E-state index >= 15 is 0 Å². The third kappa shape index (κ3) is 5.61. The molecule has 158 valence electrons. The number of nitrogens with one attached hydrogen (secondary N) is 2. The Morgan fingerprint density at radius 3 is 2.67 bits per heavy atom. The lowest BCUT2D eigenvalue weighted by atomic mass is 9.88. The number of aryl methyl sites for hydroxylation is 1. The maximum absolute atomic E-state index is 13.1. The summed E-state index contributed by atoms with van der Waals surface area (Å²) in [4.78, 5) is 25.5. The molecule has 8 heteroatoms. The summed E-state index contributed by atoms with van der Waals surface area (Å²) in [6.45, 7) is 0. The number of hydrogen-bond acceptors (Lipinski definition) is 5. The summed E-state index contributed by atoms with van der Waals surface area (Å²) in [5, 5.41) is 23.4. The predicted octanol–water partition coefficient (Wildman–Crippen LogP) is 1.56. The summed E-state index contributed by atoms with van der Waals surface area (Å²) in [5.41, 5.74) is 3.67. The Bertz CT molecular complexity index is 903. The molecule has 0 spiro atoms. The van der Waals surface area contributed by atoms with Crippen LogP contribution < -0.4 is 15.4 Å². The Kier molecular flexibility index (Phi) is 7.49. The molecule has 0 aliphatic heterocycles. The Balaban J connectivity index is 1.83. The van der Waals surface area contributed by atoms with Gasteiger partial charge in [-0.15, -0.1) is 0 Å². The average molecular weight is 410 g/mol. The fraction of sp³-hybridized carbons (Fsp3) is 0.364. The summed E-state index contributed by atoms with van der Waals surface area (Å²) in [7, 11) is -0.0761. The first kappa shape index (κ1) is 21.9. The summed E-state index contributed by atoms with van der Waals surface area (Å²) >= 11 is 0. The van der Waals surface area contributed by atoms with E-state index in [4.69, 9.17) is 14.8 Å². The van der Waals surface area contributed by atoms with Crippen LogP contribution in [0.5, 0.6) is 5.75 Å². The number of fused-ring (bicyclic) bond motifs is 1. The first-order valence-corrected chi connectivity index (χ1v) is 10.2. The number of ether oxygens (including phenoxy) is 1. The number of hydrogen-bond donors (Lipinski definition) is 4. The monoisotopic (exact) mass is 410 g/mol. The van der Waals surface area contributed by atoms with Gasteiger partial charge in [-0.25, -0.2) is 0 Å². The van der Waals surface area contributed by atoms with E-state index in [-0.39, 0.29) is 18.8 Å². The Hall–Kier alpha value is -2.84. The number of rotatable bonds is 8. The standard InChI is InChI=1S/C22H27BN2O5/c1-30-17-9-4-8-16(12-17)20(13-21(26)24-14-23(28)29)25-22(27)19-11-5-7-15-6-2-3-10-18(15)19/h4-5,7-9,11-12,20,28-29H,2-3,6,10,13-14H2,1H3,(H,24,26)(H,25,27). The minimum absolute atomic E-state index is 0.0410. The highest BCUT2D eigenvalue weighted by atomic mass is 16.5. The van der Waals surface area contributed by atoms with E-state index in [0.717, 1.165) is 36.8 Å². The van der Waals surface area contributed by atoms with E-state index in [2.05, 4.69) is 16.7 Å². The van der Waals surface area contributed by atoms with Gasteiger partial charge < -0.3 is 25.4 Å². The summed E-state index contributed by atoms with van der Waals surface area (Å²) in [5.74, 6) is -0.00194. The van der Waals surface area contributed by atoms with Gasteiger partial charge in [-0.05, 0) is 60.6 Å². The number of amides is 2. The van der Waals surface area contributed by atoms with Gasteiger partial charge in [0.05, 0.1) is 26.0 Å². The Morgan fingerprint density at radius 2 is 1.90 bits per heavy atom. The van der Waals surface area contributed by atoms with Gasteiger partial charge in [0.2, 0.25) is 5.91 Å². The van der Waals surface area contributed by atoms with Gasteiger partial charge in [-0.2, -0.15) is 0 Å². The van der Waals surface area contributed by atoms with Crippen molar-refractivity contribution in [2.75, 3.05) is 13.6 Å². The second-order valence-corrected chi connectivity index (χ2v) is 7.44. The van der Waals surface area contributed by atoms with E-state index in [9.17, 15) is 9.59 Å². The van der Waals surface area contributed by atoms with Crippen molar-refractivity contribution in [3.63, 3.8) is 0 Å². The zero-order valence-electron chi connectivity index (χ0n) is 17.1. The lowest BCUT2D eigenvalue weighted by Crippen LogP contribution is -2.38. The van der Waals surface area contributed by atoms with Crippen molar-refractivity contribution >= 4 is 18.9 Å². The quantitative estimate of drug-likeness (QED) is 0.494. The van der Waals surface area contributed by atoms with E-state index in [1.165, 1.54) is 5.56 Å². The van der Waals surface area contributed by atoms with Crippen molar-refractivity contribution in [2.24, 2.45) is 0 Å². The maximum atomic E-state index is 13.1. The van der Waals surface area contributed by atoms with Crippen LogP contribution in [0.25, 0.3) is 0 Å². The highest BCUT2D eigenvalue weighted by Gasteiger charge is 2.23. The molecule has 4 N–H and O–H groups in total. The Labute approximate surface area is 176 Å². The smallest absolute Gasteiger partial charge is 0.472 e. The van der Waals surface area contributed by atoms with E-state index in [0.29, 0.717) is 11.3 Å². The van der Waals surface area contributed by atoms with Gasteiger partial charge in [-0.3, -0.25) is 9.59 Å². The van der Waals surface area contributed by atoms with Crippen LogP contribution in [-0.2, 0) is 17.6 Å². The minimum atomic E-state index is -1.63. The molecule has 0 radical (unpaired) electrons. The van der Waals surface area contributed by atoms with Gasteiger partial charge >= 0.3 is 7.12 Å². The molecule has 1 aliphatic carbocycles. The molecule has 2 aromatic carbocycles.